The van der Waals surface area contributed by atoms with Crippen molar-refractivity contribution in [1.29, 1.82) is 0 Å². The second kappa shape index (κ2) is 7.86. The van der Waals surface area contributed by atoms with Crippen LogP contribution in [0.25, 0.3) is 5.69 Å². The molecule has 9 heteroatoms. The van der Waals surface area contributed by atoms with Crippen LogP contribution in [0, 0.1) is 0 Å². The molecule has 9 nitrogen and oxygen atoms in total. The molecule has 1 atom stereocenters. The number of carboxylic acids is 1. The number of esters is 1. The zero-order valence-electron chi connectivity index (χ0n) is 12.9. The second-order valence-corrected chi connectivity index (χ2v) is 4.87. The van der Waals surface area contributed by atoms with Gasteiger partial charge >= 0.3 is 11.9 Å². The van der Waals surface area contributed by atoms with E-state index in [1.54, 1.807) is 30.5 Å². The number of nitrogens with zero attached hydrogens (tertiary/aromatic N) is 3. The molecule has 2 aromatic rings. The molecule has 0 saturated heterocycles. The van der Waals surface area contributed by atoms with Crippen molar-refractivity contribution in [3.05, 3.63) is 42.2 Å². The maximum Gasteiger partial charge on any atom is 0.326 e. The molecule has 2 N–H and O–H groups in total. The Labute approximate surface area is 137 Å². The van der Waals surface area contributed by atoms with Gasteiger partial charge in [0.25, 0.3) is 5.91 Å². The molecule has 0 radical (unpaired) electrons. The minimum absolute atomic E-state index is 0.0508. The molecule has 0 unspecified atom stereocenters. The van der Waals surface area contributed by atoms with Gasteiger partial charge < -0.3 is 15.2 Å². The second-order valence-electron chi connectivity index (χ2n) is 4.87. The summed E-state index contributed by atoms with van der Waals surface area (Å²) in [5.41, 5.74) is 1.01. The summed E-state index contributed by atoms with van der Waals surface area (Å²) in [7, 11) is 1.22. The van der Waals surface area contributed by atoms with Crippen LogP contribution in [0.1, 0.15) is 23.2 Å². The molecule has 0 aliphatic carbocycles. The van der Waals surface area contributed by atoms with Gasteiger partial charge in [0.15, 0.2) is 0 Å². The standard InChI is InChI=1S/C15H16N4O5/c1-24-13(20)7-6-12(15(22)23)17-14(21)10-2-4-11(5-3-10)19-9-8-16-18-19/h2-5,8-9,12H,6-7H2,1H3,(H,17,21)(H,22,23)/t12-/m0/s1. The smallest absolute Gasteiger partial charge is 0.326 e. The summed E-state index contributed by atoms with van der Waals surface area (Å²) in [5, 5.41) is 19.0. The van der Waals surface area contributed by atoms with Crippen molar-refractivity contribution in [1.82, 2.24) is 20.3 Å². The molecule has 1 aromatic heterocycles. The first-order valence-corrected chi connectivity index (χ1v) is 7.08. The molecule has 0 bridgehead atoms. The lowest BCUT2D eigenvalue weighted by Gasteiger charge is -2.14. The van der Waals surface area contributed by atoms with Gasteiger partial charge in [0, 0.05) is 12.0 Å². The summed E-state index contributed by atoms with van der Waals surface area (Å²) in [6.45, 7) is 0. The van der Waals surface area contributed by atoms with E-state index in [-0.39, 0.29) is 12.8 Å². The van der Waals surface area contributed by atoms with Crippen molar-refractivity contribution in [2.45, 2.75) is 18.9 Å². The number of rotatable bonds is 7. The first-order valence-electron chi connectivity index (χ1n) is 7.08. The van der Waals surface area contributed by atoms with Gasteiger partial charge in [0.05, 0.1) is 25.2 Å². The molecule has 126 valence electrons. The van der Waals surface area contributed by atoms with Gasteiger partial charge in [0.2, 0.25) is 0 Å². The van der Waals surface area contributed by atoms with Gasteiger partial charge in [-0.1, -0.05) is 5.21 Å². The Morgan fingerprint density at radius 1 is 1.29 bits per heavy atom. The summed E-state index contributed by atoms with van der Waals surface area (Å²) in [5.74, 6) is -2.29. The van der Waals surface area contributed by atoms with E-state index in [0.717, 1.165) is 0 Å². The third-order valence-electron chi connectivity index (χ3n) is 3.28. The van der Waals surface area contributed by atoms with E-state index in [1.165, 1.54) is 18.0 Å². The Balaban J connectivity index is 2.01. The highest BCUT2D eigenvalue weighted by Crippen LogP contribution is 2.09. The first-order chi connectivity index (χ1) is 11.5. The average Bonchev–Trinajstić information content (AvgIpc) is 3.12. The van der Waals surface area contributed by atoms with Gasteiger partial charge in [-0.2, -0.15) is 0 Å². The number of hydrogen-bond donors (Lipinski definition) is 2. The van der Waals surface area contributed by atoms with E-state index in [2.05, 4.69) is 20.4 Å². The van der Waals surface area contributed by atoms with Gasteiger partial charge in [0.1, 0.15) is 6.04 Å². The monoisotopic (exact) mass is 332 g/mol. The van der Waals surface area contributed by atoms with E-state index in [0.29, 0.717) is 11.3 Å². The topological polar surface area (TPSA) is 123 Å². The van der Waals surface area contributed by atoms with Crippen LogP contribution >= 0.6 is 0 Å². The van der Waals surface area contributed by atoms with Crippen molar-refractivity contribution >= 4 is 17.8 Å². The predicted molar refractivity (Wildman–Crippen MR) is 81.5 cm³/mol. The molecule has 0 aliphatic rings. The predicted octanol–water partition coefficient (Wildman–Crippen LogP) is 0.403. The van der Waals surface area contributed by atoms with Crippen molar-refractivity contribution in [2.24, 2.45) is 0 Å². The molecular formula is C15H16N4O5. The fourth-order valence-electron chi connectivity index (χ4n) is 1.97. The van der Waals surface area contributed by atoms with Gasteiger partial charge in [-0.25, -0.2) is 9.48 Å². The number of benzene rings is 1. The largest absolute Gasteiger partial charge is 0.480 e. The quantitative estimate of drug-likeness (QED) is 0.703. The number of carbonyl (C=O) groups excluding carboxylic acids is 2. The number of ether oxygens (including phenoxy) is 1. The summed E-state index contributed by atoms with van der Waals surface area (Å²) >= 11 is 0. The Bertz CT molecular complexity index is 712. The van der Waals surface area contributed by atoms with E-state index >= 15 is 0 Å². The number of amides is 1. The number of aliphatic carboxylic acids is 1. The van der Waals surface area contributed by atoms with Crippen LogP contribution in [0.5, 0.6) is 0 Å². The van der Waals surface area contributed by atoms with E-state index < -0.39 is 23.9 Å². The molecule has 2 rings (SSSR count). The highest BCUT2D eigenvalue weighted by atomic mass is 16.5. The zero-order valence-corrected chi connectivity index (χ0v) is 12.9. The van der Waals surface area contributed by atoms with Crippen LogP contribution in [-0.2, 0) is 14.3 Å². The van der Waals surface area contributed by atoms with Gasteiger partial charge in [-0.05, 0) is 30.7 Å². The highest BCUT2D eigenvalue weighted by molar-refractivity contribution is 5.96. The maximum atomic E-state index is 12.1. The lowest BCUT2D eigenvalue weighted by Crippen LogP contribution is -2.41. The average molecular weight is 332 g/mol. The van der Waals surface area contributed by atoms with Crippen LogP contribution in [-0.4, -0.2) is 51.1 Å². The summed E-state index contributed by atoms with van der Waals surface area (Å²) in [6.07, 6.45) is 3.03. The van der Waals surface area contributed by atoms with Crippen LogP contribution in [0.2, 0.25) is 0 Å². The van der Waals surface area contributed by atoms with Crippen LogP contribution in [0.15, 0.2) is 36.7 Å². The van der Waals surface area contributed by atoms with Crippen molar-refractivity contribution in [2.75, 3.05) is 7.11 Å². The lowest BCUT2D eigenvalue weighted by atomic mass is 10.1. The van der Waals surface area contributed by atoms with Crippen molar-refractivity contribution in [3.63, 3.8) is 0 Å². The zero-order chi connectivity index (χ0) is 17.5. The molecule has 0 saturated carbocycles. The highest BCUT2D eigenvalue weighted by Gasteiger charge is 2.21. The molecule has 1 amide bonds. The SMILES string of the molecule is COC(=O)CC[C@H](NC(=O)c1ccc(-n2ccnn2)cc1)C(=O)O. The van der Waals surface area contributed by atoms with Gasteiger partial charge in [-0.3, -0.25) is 9.59 Å². The Hall–Kier alpha value is -3.23. The molecule has 0 aliphatic heterocycles. The molecule has 24 heavy (non-hydrogen) atoms. The van der Waals surface area contributed by atoms with E-state index in [4.69, 9.17) is 5.11 Å². The minimum Gasteiger partial charge on any atom is -0.480 e. The minimum atomic E-state index is -1.22. The lowest BCUT2D eigenvalue weighted by molar-refractivity contribution is -0.142. The van der Waals surface area contributed by atoms with Crippen molar-refractivity contribution in [3.8, 4) is 5.69 Å². The fourth-order valence-corrected chi connectivity index (χ4v) is 1.97. The Morgan fingerprint density at radius 3 is 2.54 bits per heavy atom. The third-order valence-corrected chi connectivity index (χ3v) is 3.28. The van der Waals surface area contributed by atoms with Gasteiger partial charge in [-0.15, -0.1) is 5.10 Å². The summed E-state index contributed by atoms with van der Waals surface area (Å²) in [4.78, 5) is 34.4. The molecule has 1 heterocycles. The Morgan fingerprint density at radius 2 is 2.00 bits per heavy atom. The summed E-state index contributed by atoms with van der Waals surface area (Å²) in [6, 6.07) is 5.24. The summed E-state index contributed by atoms with van der Waals surface area (Å²) < 4.78 is 5.99. The number of methoxy groups -OCH3 is 1. The number of carboxylic acid groups (broad SMARTS) is 1. The molecule has 0 fully saturated rings. The van der Waals surface area contributed by atoms with E-state index in [9.17, 15) is 14.4 Å². The third kappa shape index (κ3) is 4.38. The number of hydrogen-bond acceptors (Lipinski definition) is 6. The van der Waals surface area contributed by atoms with Crippen molar-refractivity contribution < 1.29 is 24.2 Å². The number of nitrogens with one attached hydrogen (secondary N) is 1. The Kier molecular flexibility index (Phi) is 5.61. The number of carbonyl (C=O) groups is 3. The maximum absolute atomic E-state index is 12.1. The molecule has 0 spiro atoms. The van der Waals surface area contributed by atoms with Crippen LogP contribution in [0.4, 0.5) is 0 Å². The van der Waals surface area contributed by atoms with Crippen LogP contribution in [0.3, 0.4) is 0 Å². The van der Waals surface area contributed by atoms with Crippen LogP contribution < -0.4 is 5.32 Å². The molecule has 1 aromatic carbocycles. The first kappa shape index (κ1) is 17.1. The normalized spacial score (nSPS) is 11.5. The molecular weight excluding hydrogens is 316 g/mol. The fraction of sp³-hybridized carbons (Fsp3) is 0.267. The number of aromatic nitrogens is 3. The van der Waals surface area contributed by atoms with E-state index in [1.807, 2.05) is 0 Å².